The molecular formula is C26H22BrClN4O5. The molecule has 1 aromatic carbocycles. The van der Waals surface area contributed by atoms with Crippen LogP contribution in [0.2, 0.25) is 5.02 Å². The molecule has 190 valence electrons. The van der Waals surface area contributed by atoms with E-state index in [0.29, 0.717) is 16.7 Å². The Hall–Kier alpha value is -3.34. The number of benzene rings is 1. The minimum Gasteiger partial charge on any atom is -0.462 e. The first kappa shape index (κ1) is 25.3. The fourth-order valence-corrected chi connectivity index (χ4v) is 4.90. The van der Waals surface area contributed by atoms with Crippen LogP contribution in [0.15, 0.2) is 62.9 Å². The summed E-state index contributed by atoms with van der Waals surface area (Å²) in [5.74, 6) is -1.37. The molecule has 0 bridgehead atoms. The lowest BCUT2D eigenvalue weighted by Crippen LogP contribution is -2.35. The van der Waals surface area contributed by atoms with Crippen molar-refractivity contribution in [1.82, 2.24) is 14.0 Å². The second-order valence-electron chi connectivity index (χ2n) is 8.47. The highest BCUT2D eigenvalue weighted by Crippen LogP contribution is 2.22. The van der Waals surface area contributed by atoms with Crippen LogP contribution in [-0.4, -0.2) is 45.1 Å². The Kier molecular flexibility index (Phi) is 7.23. The van der Waals surface area contributed by atoms with Gasteiger partial charge in [0.15, 0.2) is 5.49 Å². The van der Waals surface area contributed by atoms with E-state index in [0.717, 1.165) is 12.8 Å². The predicted octanol–water partition coefficient (Wildman–Crippen LogP) is 4.16. The van der Waals surface area contributed by atoms with Gasteiger partial charge in [-0.3, -0.25) is 14.0 Å². The second-order valence-corrected chi connectivity index (χ2v) is 9.79. The number of nitrogens with zero attached hydrogens (tertiary/aromatic N) is 4. The number of carbonyl (C=O) groups is 2. The zero-order chi connectivity index (χ0) is 26.1. The predicted molar refractivity (Wildman–Crippen MR) is 141 cm³/mol. The summed E-state index contributed by atoms with van der Waals surface area (Å²) in [5, 5.41) is 0.403. The number of esters is 1. The van der Waals surface area contributed by atoms with Crippen LogP contribution in [-0.2, 0) is 16.0 Å². The van der Waals surface area contributed by atoms with E-state index >= 15 is 0 Å². The van der Waals surface area contributed by atoms with Gasteiger partial charge in [0.2, 0.25) is 0 Å². The Balaban J connectivity index is 1.87. The van der Waals surface area contributed by atoms with Gasteiger partial charge in [-0.1, -0.05) is 33.6 Å². The van der Waals surface area contributed by atoms with Crippen molar-refractivity contribution < 1.29 is 19.1 Å². The largest absolute Gasteiger partial charge is 0.462 e. The fraction of sp³-hybridized carbons (Fsp3) is 0.269. The molecule has 11 heteroatoms. The summed E-state index contributed by atoms with van der Waals surface area (Å²) in [4.78, 5) is 49.0. The van der Waals surface area contributed by atoms with Crippen molar-refractivity contribution in [2.75, 3.05) is 13.2 Å². The summed E-state index contributed by atoms with van der Waals surface area (Å²) >= 11 is 9.64. The van der Waals surface area contributed by atoms with Crippen LogP contribution in [0.4, 0.5) is 0 Å². The van der Waals surface area contributed by atoms with E-state index in [9.17, 15) is 14.4 Å². The lowest BCUT2D eigenvalue weighted by atomic mass is 10.1. The van der Waals surface area contributed by atoms with Crippen LogP contribution in [0.3, 0.4) is 0 Å². The molecule has 1 saturated heterocycles. The van der Waals surface area contributed by atoms with E-state index in [2.05, 4.69) is 20.9 Å². The summed E-state index contributed by atoms with van der Waals surface area (Å²) in [7, 11) is 0. The van der Waals surface area contributed by atoms with Crippen molar-refractivity contribution in [2.24, 2.45) is 4.99 Å². The normalized spacial score (nSPS) is 16.0. The van der Waals surface area contributed by atoms with Gasteiger partial charge >= 0.3 is 5.97 Å². The fourth-order valence-electron chi connectivity index (χ4n) is 4.34. The van der Waals surface area contributed by atoms with Crippen molar-refractivity contribution in [3.8, 4) is 0 Å². The van der Waals surface area contributed by atoms with Crippen molar-refractivity contribution in [2.45, 2.75) is 32.4 Å². The number of halogens is 2. The van der Waals surface area contributed by atoms with Gasteiger partial charge < -0.3 is 14.0 Å². The maximum atomic E-state index is 13.5. The van der Waals surface area contributed by atoms with Gasteiger partial charge in [-0.15, -0.1) is 0 Å². The van der Waals surface area contributed by atoms with Crippen molar-refractivity contribution in [3.63, 3.8) is 0 Å². The number of pyridine rings is 2. The Labute approximate surface area is 224 Å². The molecule has 9 nitrogen and oxygen atoms in total. The molecule has 0 N–H and O–H groups in total. The number of fused-ring (bicyclic) bond motifs is 2. The van der Waals surface area contributed by atoms with Gasteiger partial charge in [0.1, 0.15) is 16.9 Å². The monoisotopic (exact) mass is 584 g/mol. The highest BCUT2D eigenvalue weighted by molar-refractivity contribution is 9.10. The van der Waals surface area contributed by atoms with Gasteiger partial charge in [0, 0.05) is 17.3 Å². The molecule has 1 aliphatic heterocycles. The van der Waals surface area contributed by atoms with Crippen molar-refractivity contribution in [3.05, 3.63) is 85.1 Å². The van der Waals surface area contributed by atoms with Gasteiger partial charge in [-0.25, -0.2) is 9.78 Å². The topological polar surface area (TPSA) is 104 Å². The summed E-state index contributed by atoms with van der Waals surface area (Å²) in [6.45, 7) is 2.60. The smallest absolute Gasteiger partial charge is 0.341 e. The lowest BCUT2D eigenvalue weighted by molar-refractivity contribution is 0.0521. The number of aromatic nitrogens is 3. The maximum Gasteiger partial charge on any atom is 0.341 e. The molecule has 37 heavy (non-hydrogen) atoms. The average molecular weight is 586 g/mol. The standard InChI is InChI=1S/C26H22BrClN4O5/c1-2-36-26(35)19-13-18-22(29-21-7-3-4-10-31(21)25(18)34)32(14-16-6-5-11-37-16)23(19)30-24(33)17-12-15(27)8-9-20(17)28/h3-4,7-10,12-13,16H,2,5-6,11,14H2,1H3/t16-/m1/s1. The number of hydrogen-bond donors (Lipinski definition) is 0. The van der Waals surface area contributed by atoms with E-state index in [-0.39, 0.29) is 57.5 Å². The van der Waals surface area contributed by atoms with E-state index in [1.165, 1.54) is 10.5 Å². The molecule has 0 unspecified atom stereocenters. The first-order valence-electron chi connectivity index (χ1n) is 11.7. The number of rotatable bonds is 5. The molecule has 4 aromatic rings. The van der Waals surface area contributed by atoms with Crippen LogP contribution < -0.4 is 11.0 Å². The molecule has 0 aliphatic carbocycles. The Morgan fingerprint density at radius 2 is 2.08 bits per heavy atom. The van der Waals surface area contributed by atoms with Crippen molar-refractivity contribution in [1.29, 1.82) is 0 Å². The molecule has 1 aliphatic rings. The van der Waals surface area contributed by atoms with Gasteiger partial charge in [0.25, 0.3) is 11.5 Å². The van der Waals surface area contributed by atoms with Crippen LogP contribution in [0.5, 0.6) is 0 Å². The first-order valence-corrected chi connectivity index (χ1v) is 12.9. The molecule has 0 saturated carbocycles. The molecular weight excluding hydrogens is 564 g/mol. The molecule has 0 radical (unpaired) electrons. The molecule has 0 spiro atoms. The summed E-state index contributed by atoms with van der Waals surface area (Å²) in [6, 6.07) is 11.4. The quantitative estimate of drug-likeness (QED) is 0.257. The highest BCUT2D eigenvalue weighted by Gasteiger charge is 2.24. The zero-order valence-corrected chi connectivity index (χ0v) is 22.2. The van der Waals surface area contributed by atoms with E-state index in [1.54, 1.807) is 54.1 Å². The maximum absolute atomic E-state index is 13.5. The molecule has 1 fully saturated rings. The third-order valence-corrected chi connectivity index (χ3v) is 6.88. The van der Waals surface area contributed by atoms with Crippen molar-refractivity contribution >= 4 is 56.1 Å². The van der Waals surface area contributed by atoms with Gasteiger partial charge in [-0.05, 0) is 56.2 Å². The lowest BCUT2D eigenvalue weighted by Gasteiger charge is -2.18. The Morgan fingerprint density at radius 1 is 1.24 bits per heavy atom. The minimum absolute atomic E-state index is 0.0228. The number of carbonyl (C=O) groups excluding carboxylic acids is 2. The second kappa shape index (κ2) is 10.6. The summed E-state index contributed by atoms with van der Waals surface area (Å²) < 4.78 is 14.8. The molecule has 3 aromatic heterocycles. The Bertz CT molecular complexity index is 1670. The van der Waals surface area contributed by atoms with Gasteiger partial charge in [0.05, 0.1) is 35.2 Å². The van der Waals surface area contributed by atoms with E-state index in [1.807, 2.05) is 0 Å². The van der Waals surface area contributed by atoms with Gasteiger partial charge in [-0.2, -0.15) is 4.99 Å². The first-order chi connectivity index (χ1) is 17.9. The van der Waals surface area contributed by atoms with E-state index < -0.39 is 11.9 Å². The van der Waals surface area contributed by atoms with Crippen LogP contribution in [0, 0.1) is 0 Å². The third-order valence-electron chi connectivity index (χ3n) is 6.06. The van der Waals surface area contributed by atoms with E-state index in [4.69, 9.17) is 26.1 Å². The third kappa shape index (κ3) is 4.96. The van der Waals surface area contributed by atoms with Crippen LogP contribution in [0.1, 0.15) is 40.5 Å². The summed E-state index contributed by atoms with van der Waals surface area (Å²) in [6.07, 6.45) is 3.05. The van der Waals surface area contributed by atoms with Crippen LogP contribution in [0.25, 0.3) is 16.7 Å². The zero-order valence-electron chi connectivity index (χ0n) is 19.8. The molecule has 1 atom stereocenters. The summed E-state index contributed by atoms with van der Waals surface area (Å²) in [5.41, 5.74) is 0.487. The average Bonchev–Trinajstić information content (AvgIpc) is 3.40. The number of hydrogen-bond acceptors (Lipinski definition) is 6. The Morgan fingerprint density at radius 3 is 2.84 bits per heavy atom. The SMILES string of the molecule is CCOC(=O)c1cc2c(=O)n3ccccc3nc2n(C[C@H]2CCCO2)c1=NC(=O)c1cc(Br)ccc1Cl. The minimum atomic E-state index is -0.713. The number of amides is 1. The highest BCUT2D eigenvalue weighted by atomic mass is 79.9. The molecule has 1 amide bonds. The number of ether oxygens (including phenoxy) is 2. The molecule has 4 heterocycles. The van der Waals surface area contributed by atoms with Crippen LogP contribution >= 0.6 is 27.5 Å². The molecule has 5 rings (SSSR count).